The van der Waals surface area contributed by atoms with Gasteiger partial charge < -0.3 is 4.90 Å². The number of aromatic nitrogens is 2. The minimum absolute atomic E-state index is 0.0120. The third-order valence-corrected chi connectivity index (χ3v) is 5.13. The van der Waals surface area contributed by atoms with Gasteiger partial charge in [-0.15, -0.1) is 0 Å². The van der Waals surface area contributed by atoms with Crippen LogP contribution >= 0.6 is 0 Å². The number of nitrogens with zero attached hydrogens (tertiary/aromatic N) is 3. The maximum atomic E-state index is 14.7. The number of hydrogen-bond donors (Lipinski definition) is 0. The van der Waals surface area contributed by atoms with Crippen LogP contribution in [0.2, 0.25) is 0 Å². The lowest BCUT2D eigenvalue weighted by Gasteiger charge is -2.25. The monoisotopic (exact) mass is 373 g/mol. The Morgan fingerprint density at radius 2 is 2.00 bits per heavy atom. The molecule has 4 nitrogen and oxygen atoms in total. The Hall–Kier alpha value is -2.83. The number of amides is 1. The Morgan fingerprint density at radius 3 is 2.70 bits per heavy atom. The summed E-state index contributed by atoms with van der Waals surface area (Å²) in [7, 11) is 1.80. The van der Waals surface area contributed by atoms with Gasteiger partial charge in [-0.2, -0.15) is 5.10 Å². The summed E-state index contributed by atoms with van der Waals surface area (Å²) in [4.78, 5) is 13.8. The molecule has 1 aliphatic carbocycles. The van der Waals surface area contributed by atoms with Gasteiger partial charge in [0.1, 0.15) is 17.5 Å². The van der Waals surface area contributed by atoms with E-state index in [1.165, 1.54) is 11.0 Å². The van der Waals surface area contributed by atoms with Crippen LogP contribution in [-0.2, 0) is 13.6 Å². The Labute approximate surface area is 154 Å². The zero-order chi connectivity index (χ0) is 19.3. The van der Waals surface area contributed by atoms with Crippen LogP contribution in [0.25, 0.3) is 0 Å². The van der Waals surface area contributed by atoms with E-state index in [-0.39, 0.29) is 30.5 Å². The SMILES string of the molecule is CC1C=C(CN2Cc3cc(F)cc(F)c3C2=O)C(F)=CC1c1cnn(C)c1. The third kappa shape index (κ3) is 3.07. The van der Waals surface area contributed by atoms with E-state index in [2.05, 4.69) is 5.10 Å². The number of fused-ring (bicyclic) bond motifs is 1. The molecule has 1 aromatic carbocycles. The average Bonchev–Trinajstić information content (AvgIpc) is 3.14. The maximum Gasteiger partial charge on any atom is 0.257 e. The van der Waals surface area contributed by atoms with Crippen molar-refractivity contribution in [3.63, 3.8) is 0 Å². The van der Waals surface area contributed by atoms with Crippen LogP contribution < -0.4 is 0 Å². The average molecular weight is 373 g/mol. The minimum Gasteiger partial charge on any atom is -0.330 e. The number of allylic oxidation sites excluding steroid dienone is 2. The zero-order valence-electron chi connectivity index (χ0n) is 14.9. The largest absolute Gasteiger partial charge is 0.330 e. The Balaban J connectivity index is 1.55. The van der Waals surface area contributed by atoms with Crippen molar-refractivity contribution in [3.05, 3.63) is 76.4 Å². The predicted octanol–water partition coefficient (Wildman–Crippen LogP) is 3.87. The van der Waals surface area contributed by atoms with Gasteiger partial charge in [0.25, 0.3) is 5.91 Å². The van der Waals surface area contributed by atoms with Crippen LogP contribution in [0.1, 0.15) is 34.3 Å². The van der Waals surface area contributed by atoms with E-state index < -0.39 is 23.4 Å². The molecule has 2 aromatic rings. The first-order valence-electron chi connectivity index (χ1n) is 8.67. The van der Waals surface area contributed by atoms with Crippen molar-refractivity contribution in [2.24, 2.45) is 13.0 Å². The molecule has 0 saturated heterocycles. The molecule has 27 heavy (non-hydrogen) atoms. The highest BCUT2D eigenvalue weighted by molar-refractivity contribution is 5.98. The van der Waals surface area contributed by atoms with Crippen molar-refractivity contribution in [3.8, 4) is 0 Å². The van der Waals surface area contributed by atoms with Crippen LogP contribution in [0, 0.1) is 17.6 Å². The number of rotatable bonds is 3. The van der Waals surface area contributed by atoms with Gasteiger partial charge in [-0.3, -0.25) is 9.48 Å². The van der Waals surface area contributed by atoms with Gasteiger partial charge in [-0.05, 0) is 29.2 Å². The first kappa shape index (κ1) is 17.6. The standard InChI is InChI=1S/C20H18F3N3O/c1-11-3-12(17(22)6-16(11)14-7-24-25(2)8-14)9-26-10-13-4-15(21)5-18(23)19(13)20(26)27/h3-8,11,16H,9-10H2,1-2H3. The fourth-order valence-corrected chi connectivity index (χ4v) is 3.82. The lowest BCUT2D eigenvalue weighted by atomic mass is 9.83. The maximum absolute atomic E-state index is 14.7. The van der Waals surface area contributed by atoms with E-state index in [1.54, 1.807) is 24.0 Å². The molecule has 4 rings (SSSR count). The lowest BCUT2D eigenvalue weighted by molar-refractivity contribution is 0.0788. The predicted molar refractivity (Wildman–Crippen MR) is 93.5 cm³/mol. The summed E-state index contributed by atoms with van der Waals surface area (Å²) in [6.45, 7) is 2.05. The molecule has 2 unspecified atom stereocenters. The van der Waals surface area contributed by atoms with Crippen molar-refractivity contribution < 1.29 is 18.0 Å². The molecule has 7 heteroatoms. The van der Waals surface area contributed by atoms with Gasteiger partial charge in [0.2, 0.25) is 0 Å². The summed E-state index contributed by atoms with van der Waals surface area (Å²) in [5.41, 5.74) is 1.46. The van der Waals surface area contributed by atoms with Crippen molar-refractivity contribution in [2.75, 3.05) is 6.54 Å². The summed E-state index contributed by atoms with van der Waals surface area (Å²) in [5, 5.41) is 4.13. The molecule has 0 N–H and O–H groups in total. The molecule has 0 saturated carbocycles. The third-order valence-electron chi connectivity index (χ3n) is 5.13. The Kier molecular flexibility index (Phi) is 4.17. The summed E-state index contributed by atoms with van der Waals surface area (Å²) in [5.74, 6) is -2.68. The lowest BCUT2D eigenvalue weighted by Crippen LogP contribution is -2.28. The van der Waals surface area contributed by atoms with Crippen molar-refractivity contribution >= 4 is 5.91 Å². The number of carbonyl (C=O) groups excluding carboxylic acids is 1. The second-order valence-electron chi connectivity index (χ2n) is 7.12. The van der Waals surface area contributed by atoms with Gasteiger partial charge in [-0.1, -0.05) is 13.0 Å². The highest BCUT2D eigenvalue weighted by atomic mass is 19.1. The normalized spacial score (nSPS) is 22.0. The number of benzene rings is 1. The van der Waals surface area contributed by atoms with Gasteiger partial charge in [0.05, 0.1) is 11.8 Å². The molecular weight excluding hydrogens is 355 g/mol. The Bertz CT molecular complexity index is 992. The molecule has 0 bridgehead atoms. The van der Waals surface area contributed by atoms with Gasteiger partial charge in [-0.25, -0.2) is 13.2 Å². The van der Waals surface area contributed by atoms with Gasteiger partial charge in [0, 0.05) is 43.9 Å². The van der Waals surface area contributed by atoms with Crippen LogP contribution in [0.5, 0.6) is 0 Å². The van der Waals surface area contributed by atoms with Crippen LogP contribution in [0.15, 0.2) is 48.1 Å². The summed E-state index contributed by atoms with van der Waals surface area (Å²) >= 11 is 0. The highest BCUT2D eigenvalue weighted by Gasteiger charge is 2.33. The van der Waals surface area contributed by atoms with Crippen molar-refractivity contribution in [1.29, 1.82) is 0 Å². The van der Waals surface area contributed by atoms with Crippen LogP contribution in [-0.4, -0.2) is 27.1 Å². The number of aryl methyl sites for hydroxylation is 1. The first-order chi connectivity index (χ1) is 12.8. The molecule has 2 heterocycles. The summed E-state index contributed by atoms with van der Waals surface area (Å²) in [6, 6.07) is 1.85. The summed E-state index contributed by atoms with van der Waals surface area (Å²) < 4.78 is 43.7. The van der Waals surface area contributed by atoms with E-state index in [0.29, 0.717) is 17.2 Å². The molecule has 1 aromatic heterocycles. The second-order valence-corrected chi connectivity index (χ2v) is 7.12. The number of hydrogen-bond acceptors (Lipinski definition) is 2. The topological polar surface area (TPSA) is 38.1 Å². The van der Waals surface area contributed by atoms with Crippen molar-refractivity contribution in [1.82, 2.24) is 14.7 Å². The smallest absolute Gasteiger partial charge is 0.257 e. The number of carbonyl (C=O) groups is 1. The first-order valence-corrected chi connectivity index (χ1v) is 8.67. The van der Waals surface area contributed by atoms with Gasteiger partial charge >= 0.3 is 0 Å². The van der Waals surface area contributed by atoms with E-state index in [9.17, 15) is 18.0 Å². The fourth-order valence-electron chi connectivity index (χ4n) is 3.82. The Morgan fingerprint density at radius 1 is 1.22 bits per heavy atom. The van der Waals surface area contributed by atoms with Gasteiger partial charge in [0.15, 0.2) is 0 Å². The van der Waals surface area contributed by atoms with E-state index in [4.69, 9.17) is 0 Å². The summed E-state index contributed by atoms with van der Waals surface area (Å²) in [6.07, 6.45) is 6.88. The zero-order valence-corrected chi connectivity index (χ0v) is 14.9. The molecule has 0 fully saturated rings. The molecule has 1 amide bonds. The van der Waals surface area contributed by atoms with Crippen molar-refractivity contribution in [2.45, 2.75) is 19.4 Å². The quantitative estimate of drug-likeness (QED) is 0.819. The van der Waals surface area contributed by atoms with Crippen LogP contribution in [0.3, 0.4) is 0 Å². The van der Waals surface area contributed by atoms with E-state index in [1.807, 2.05) is 13.1 Å². The molecular formula is C20H18F3N3O. The molecule has 140 valence electrons. The second kappa shape index (κ2) is 6.40. The highest BCUT2D eigenvalue weighted by Crippen LogP contribution is 2.36. The minimum atomic E-state index is -0.879. The molecule has 2 aliphatic rings. The molecule has 1 aliphatic heterocycles. The van der Waals surface area contributed by atoms with Crippen LogP contribution in [0.4, 0.5) is 13.2 Å². The molecule has 0 radical (unpaired) electrons. The molecule has 0 spiro atoms. The van der Waals surface area contributed by atoms with E-state index in [0.717, 1.165) is 11.6 Å². The number of halogens is 3. The van der Waals surface area contributed by atoms with E-state index >= 15 is 0 Å². The fraction of sp³-hybridized carbons (Fsp3) is 0.300. The molecule has 2 atom stereocenters.